The fraction of sp³-hybridized carbons (Fsp3) is 0.294. The molecule has 2 aromatic carbocycles. The van der Waals surface area contributed by atoms with Crippen LogP contribution in [0.5, 0.6) is 5.75 Å². The van der Waals surface area contributed by atoms with Gasteiger partial charge in [-0.05, 0) is 68.7 Å². The molecular weight excluding hydrogens is 369 g/mol. The lowest BCUT2D eigenvalue weighted by Gasteiger charge is -2.32. The van der Waals surface area contributed by atoms with Crippen molar-refractivity contribution in [2.45, 2.75) is 37.2 Å². The third-order valence-electron chi connectivity index (χ3n) is 3.90. The predicted octanol–water partition coefficient (Wildman–Crippen LogP) is 4.90. The van der Waals surface area contributed by atoms with Crippen LogP contribution in [0, 0.1) is 0 Å². The molecule has 0 radical (unpaired) electrons. The van der Waals surface area contributed by atoms with Gasteiger partial charge in [-0.3, -0.25) is 4.72 Å². The molecular formula is C17H17Cl2NO3S. The van der Waals surface area contributed by atoms with Gasteiger partial charge >= 0.3 is 0 Å². The molecule has 0 aromatic heterocycles. The SMILES string of the molecule is CC1(C)CCc2cc(S(=O)(=O)Nc3cc(Cl)ccc3Cl)ccc2O1. The summed E-state index contributed by atoms with van der Waals surface area (Å²) in [6.07, 6.45) is 1.60. The van der Waals surface area contributed by atoms with E-state index >= 15 is 0 Å². The smallest absolute Gasteiger partial charge is 0.261 e. The van der Waals surface area contributed by atoms with E-state index in [0.29, 0.717) is 5.02 Å². The fourth-order valence-electron chi connectivity index (χ4n) is 2.58. The van der Waals surface area contributed by atoms with Gasteiger partial charge in [-0.2, -0.15) is 0 Å². The van der Waals surface area contributed by atoms with Crippen molar-refractivity contribution in [3.05, 3.63) is 52.0 Å². The molecule has 128 valence electrons. The molecule has 1 aliphatic heterocycles. The maximum atomic E-state index is 12.6. The highest BCUT2D eigenvalue weighted by molar-refractivity contribution is 7.92. The van der Waals surface area contributed by atoms with Crippen molar-refractivity contribution in [2.75, 3.05) is 4.72 Å². The van der Waals surface area contributed by atoms with E-state index in [1.165, 1.54) is 12.1 Å². The third-order valence-corrected chi connectivity index (χ3v) is 5.83. The van der Waals surface area contributed by atoms with E-state index in [4.69, 9.17) is 27.9 Å². The van der Waals surface area contributed by atoms with Crippen molar-refractivity contribution in [2.24, 2.45) is 0 Å². The van der Waals surface area contributed by atoms with Crippen LogP contribution in [0.4, 0.5) is 5.69 Å². The van der Waals surface area contributed by atoms with Gasteiger partial charge in [0.15, 0.2) is 0 Å². The van der Waals surface area contributed by atoms with Crippen molar-refractivity contribution in [3.8, 4) is 5.75 Å². The van der Waals surface area contributed by atoms with Crippen LogP contribution in [0.1, 0.15) is 25.8 Å². The lowest BCUT2D eigenvalue weighted by molar-refractivity contribution is 0.0845. The minimum Gasteiger partial charge on any atom is -0.488 e. The summed E-state index contributed by atoms with van der Waals surface area (Å²) in [5.74, 6) is 0.728. The van der Waals surface area contributed by atoms with E-state index in [2.05, 4.69) is 4.72 Å². The highest BCUT2D eigenvalue weighted by atomic mass is 35.5. The minimum absolute atomic E-state index is 0.167. The second kappa shape index (κ2) is 6.14. The first-order valence-corrected chi connectivity index (χ1v) is 9.70. The number of benzene rings is 2. The Morgan fingerprint density at radius 1 is 1.12 bits per heavy atom. The number of aryl methyl sites for hydroxylation is 1. The molecule has 24 heavy (non-hydrogen) atoms. The van der Waals surface area contributed by atoms with Crippen LogP contribution in [0.25, 0.3) is 0 Å². The van der Waals surface area contributed by atoms with Gasteiger partial charge in [0.2, 0.25) is 0 Å². The Balaban J connectivity index is 1.92. The fourth-order valence-corrected chi connectivity index (χ4v) is 4.10. The predicted molar refractivity (Wildman–Crippen MR) is 96.7 cm³/mol. The molecule has 0 aliphatic carbocycles. The zero-order valence-corrected chi connectivity index (χ0v) is 15.6. The molecule has 2 aromatic rings. The first-order valence-electron chi connectivity index (χ1n) is 7.46. The second-order valence-corrected chi connectivity index (χ2v) is 8.89. The third kappa shape index (κ3) is 3.63. The molecule has 4 nitrogen and oxygen atoms in total. The molecule has 0 amide bonds. The Hall–Kier alpha value is -1.43. The summed E-state index contributed by atoms with van der Waals surface area (Å²) < 4.78 is 33.6. The van der Waals surface area contributed by atoms with E-state index in [-0.39, 0.29) is 21.2 Å². The first-order chi connectivity index (χ1) is 11.2. The Labute approximate surface area is 151 Å². The number of hydrogen-bond donors (Lipinski definition) is 1. The van der Waals surface area contributed by atoms with Gasteiger partial charge < -0.3 is 4.74 Å². The molecule has 0 fully saturated rings. The van der Waals surface area contributed by atoms with E-state index < -0.39 is 10.0 Å². The molecule has 3 rings (SSSR count). The molecule has 1 heterocycles. The lowest BCUT2D eigenvalue weighted by atomic mass is 9.94. The first kappa shape index (κ1) is 17.4. The van der Waals surface area contributed by atoms with Crippen LogP contribution in [-0.2, 0) is 16.4 Å². The van der Waals surface area contributed by atoms with Gasteiger partial charge in [-0.1, -0.05) is 23.2 Å². The molecule has 0 unspecified atom stereocenters. The summed E-state index contributed by atoms with van der Waals surface area (Å²) >= 11 is 11.9. The summed E-state index contributed by atoms with van der Waals surface area (Å²) in [5.41, 5.74) is 0.897. The van der Waals surface area contributed by atoms with E-state index in [9.17, 15) is 8.42 Å². The van der Waals surface area contributed by atoms with Crippen LogP contribution in [0.3, 0.4) is 0 Å². The molecule has 0 atom stereocenters. The molecule has 0 saturated heterocycles. The molecule has 7 heteroatoms. The van der Waals surface area contributed by atoms with Crippen molar-refractivity contribution >= 4 is 38.9 Å². The van der Waals surface area contributed by atoms with Gasteiger partial charge in [0, 0.05) is 5.02 Å². The Morgan fingerprint density at radius 2 is 1.88 bits per heavy atom. The Morgan fingerprint density at radius 3 is 2.62 bits per heavy atom. The van der Waals surface area contributed by atoms with Gasteiger partial charge in [0.1, 0.15) is 11.4 Å². The minimum atomic E-state index is -3.76. The highest BCUT2D eigenvalue weighted by Crippen LogP contribution is 2.35. The largest absolute Gasteiger partial charge is 0.488 e. The summed E-state index contributed by atoms with van der Waals surface area (Å²) in [5, 5.41) is 0.684. The zero-order valence-electron chi connectivity index (χ0n) is 13.3. The molecule has 1 aliphatic rings. The quantitative estimate of drug-likeness (QED) is 0.817. The van der Waals surface area contributed by atoms with Crippen molar-refractivity contribution in [1.82, 2.24) is 0 Å². The zero-order chi connectivity index (χ0) is 17.5. The van der Waals surface area contributed by atoms with E-state index in [1.807, 2.05) is 13.8 Å². The maximum Gasteiger partial charge on any atom is 0.261 e. The maximum absolute atomic E-state index is 12.6. The number of fused-ring (bicyclic) bond motifs is 1. The number of anilines is 1. The van der Waals surface area contributed by atoms with Gasteiger partial charge in [0.05, 0.1) is 15.6 Å². The van der Waals surface area contributed by atoms with Crippen LogP contribution >= 0.6 is 23.2 Å². The standard InChI is InChI=1S/C17H17Cl2NO3S/c1-17(2)8-7-11-9-13(4-6-16(11)23-17)24(21,22)20-15-10-12(18)3-5-14(15)19/h3-6,9-10,20H,7-8H2,1-2H3. The van der Waals surface area contributed by atoms with Crippen LogP contribution < -0.4 is 9.46 Å². The summed E-state index contributed by atoms with van der Waals surface area (Å²) in [6.45, 7) is 4.03. The molecule has 0 saturated carbocycles. The second-order valence-electron chi connectivity index (χ2n) is 6.36. The topological polar surface area (TPSA) is 55.4 Å². The Kier molecular flexibility index (Phi) is 4.45. The van der Waals surface area contributed by atoms with Gasteiger partial charge in [0.25, 0.3) is 10.0 Å². The van der Waals surface area contributed by atoms with Gasteiger partial charge in [-0.15, -0.1) is 0 Å². The molecule has 0 bridgehead atoms. The lowest BCUT2D eigenvalue weighted by Crippen LogP contribution is -2.32. The van der Waals surface area contributed by atoms with E-state index in [1.54, 1.807) is 24.3 Å². The number of hydrogen-bond acceptors (Lipinski definition) is 3. The number of nitrogens with one attached hydrogen (secondary N) is 1. The van der Waals surface area contributed by atoms with Crippen LogP contribution in [0.15, 0.2) is 41.3 Å². The monoisotopic (exact) mass is 385 g/mol. The van der Waals surface area contributed by atoms with Crippen molar-refractivity contribution < 1.29 is 13.2 Å². The average Bonchev–Trinajstić information content (AvgIpc) is 2.49. The van der Waals surface area contributed by atoms with Crippen LogP contribution in [-0.4, -0.2) is 14.0 Å². The van der Waals surface area contributed by atoms with Crippen LogP contribution in [0.2, 0.25) is 10.0 Å². The van der Waals surface area contributed by atoms with Crippen molar-refractivity contribution in [1.29, 1.82) is 0 Å². The average molecular weight is 386 g/mol. The normalized spacial score (nSPS) is 16.2. The molecule has 1 N–H and O–H groups in total. The van der Waals surface area contributed by atoms with Crippen molar-refractivity contribution in [3.63, 3.8) is 0 Å². The summed E-state index contributed by atoms with van der Waals surface area (Å²) in [4.78, 5) is 0.167. The van der Waals surface area contributed by atoms with E-state index in [0.717, 1.165) is 24.2 Å². The highest BCUT2D eigenvalue weighted by Gasteiger charge is 2.28. The number of ether oxygens (including phenoxy) is 1. The Bertz CT molecular complexity index is 895. The number of halogens is 2. The van der Waals surface area contributed by atoms with Gasteiger partial charge in [-0.25, -0.2) is 8.42 Å². The number of rotatable bonds is 3. The summed E-state index contributed by atoms with van der Waals surface area (Å²) in [6, 6.07) is 9.49. The summed E-state index contributed by atoms with van der Waals surface area (Å²) in [7, 11) is -3.76. The number of sulfonamides is 1. The molecule has 0 spiro atoms.